The molecule has 3 heterocycles. The van der Waals surface area contributed by atoms with Gasteiger partial charge in [0.05, 0.1) is 19.0 Å². The first-order chi connectivity index (χ1) is 13.3. The molecule has 2 aromatic heterocycles. The van der Waals surface area contributed by atoms with Crippen LogP contribution in [-0.4, -0.2) is 45.1 Å². The van der Waals surface area contributed by atoms with Crippen LogP contribution in [-0.2, 0) is 13.0 Å². The highest BCUT2D eigenvalue weighted by Crippen LogP contribution is 2.30. The Labute approximate surface area is 160 Å². The summed E-state index contributed by atoms with van der Waals surface area (Å²) in [5.41, 5.74) is 5.01. The highest BCUT2D eigenvalue weighted by molar-refractivity contribution is 5.45. The van der Waals surface area contributed by atoms with Crippen molar-refractivity contribution in [2.24, 2.45) is 0 Å². The van der Waals surface area contributed by atoms with Gasteiger partial charge in [0.1, 0.15) is 5.75 Å². The summed E-state index contributed by atoms with van der Waals surface area (Å²) in [7, 11) is 1.72. The molecule has 0 aliphatic carbocycles. The molecule has 0 saturated carbocycles. The topological polar surface area (TPSA) is 59.0 Å². The van der Waals surface area contributed by atoms with E-state index in [9.17, 15) is 0 Å². The maximum atomic E-state index is 5.47. The summed E-state index contributed by atoms with van der Waals surface area (Å²) in [6, 6.07) is 8.17. The number of aryl methyl sites for hydroxylation is 1. The van der Waals surface area contributed by atoms with Gasteiger partial charge in [0, 0.05) is 37.1 Å². The number of nitrogens with zero attached hydrogens (tertiary/aromatic N) is 4. The predicted molar refractivity (Wildman–Crippen MR) is 105 cm³/mol. The Kier molecular flexibility index (Phi) is 5.25. The lowest BCUT2D eigenvalue weighted by molar-refractivity contribution is 0.197. The summed E-state index contributed by atoms with van der Waals surface area (Å²) in [6.07, 6.45) is 9.23. The molecular weight excluding hydrogens is 338 g/mol. The summed E-state index contributed by atoms with van der Waals surface area (Å²) >= 11 is 0. The molecule has 1 N–H and O–H groups in total. The molecule has 1 saturated heterocycles. The van der Waals surface area contributed by atoms with Gasteiger partial charge < -0.3 is 4.74 Å². The van der Waals surface area contributed by atoms with Gasteiger partial charge in [0.15, 0.2) is 0 Å². The standard InChI is InChI=1S/C21H27N5O/c1-3-16-13-22-24-21(16)17-6-4-10-25(14-17)15-18-12-19(27-2)7-8-20(18)26-11-5-9-23-26/h5,7-9,11-13,17H,3-4,6,10,14-15H2,1-2H3,(H,22,24)/t17-/m0/s1. The van der Waals surface area contributed by atoms with Crippen molar-refractivity contribution < 1.29 is 4.74 Å². The van der Waals surface area contributed by atoms with Gasteiger partial charge in [0.25, 0.3) is 0 Å². The van der Waals surface area contributed by atoms with Crippen molar-refractivity contribution in [3.63, 3.8) is 0 Å². The van der Waals surface area contributed by atoms with E-state index in [0.717, 1.165) is 37.5 Å². The fourth-order valence-corrected chi connectivity index (χ4v) is 4.08. The van der Waals surface area contributed by atoms with E-state index in [1.165, 1.54) is 29.7 Å². The van der Waals surface area contributed by atoms with Gasteiger partial charge in [-0.1, -0.05) is 6.92 Å². The van der Waals surface area contributed by atoms with E-state index in [2.05, 4.69) is 39.3 Å². The Morgan fingerprint density at radius 3 is 3.00 bits per heavy atom. The van der Waals surface area contributed by atoms with Crippen LogP contribution in [0.1, 0.15) is 42.5 Å². The summed E-state index contributed by atoms with van der Waals surface area (Å²) in [6.45, 7) is 5.24. The molecule has 1 atom stereocenters. The minimum Gasteiger partial charge on any atom is -0.497 e. The molecule has 0 unspecified atom stereocenters. The van der Waals surface area contributed by atoms with Crippen molar-refractivity contribution in [2.75, 3.05) is 20.2 Å². The molecule has 0 spiro atoms. The molecule has 1 aliphatic heterocycles. The van der Waals surface area contributed by atoms with Gasteiger partial charge in [-0.25, -0.2) is 4.68 Å². The second-order valence-corrected chi connectivity index (χ2v) is 7.18. The SMILES string of the molecule is CCc1cn[nH]c1[C@H]1CCCN(Cc2cc(OC)ccc2-n2cccn2)C1. The van der Waals surface area contributed by atoms with E-state index in [0.29, 0.717) is 5.92 Å². The van der Waals surface area contributed by atoms with Gasteiger partial charge in [-0.05, 0) is 61.2 Å². The number of nitrogens with one attached hydrogen (secondary N) is 1. The molecule has 1 aromatic carbocycles. The number of rotatable bonds is 6. The molecule has 1 aliphatic rings. The van der Waals surface area contributed by atoms with E-state index in [4.69, 9.17) is 4.74 Å². The Bertz CT molecular complexity index is 871. The van der Waals surface area contributed by atoms with Crippen LogP contribution in [0.3, 0.4) is 0 Å². The summed E-state index contributed by atoms with van der Waals surface area (Å²) in [4.78, 5) is 2.54. The van der Waals surface area contributed by atoms with Crippen molar-refractivity contribution in [3.8, 4) is 11.4 Å². The maximum absolute atomic E-state index is 5.47. The fourth-order valence-electron chi connectivity index (χ4n) is 4.08. The molecule has 0 amide bonds. The van der Waals surface area contributed by atoms with Gasteiger partial charge >= 0.3 is 0 Å². The van der Waals surface area contributed by atoms with E-state index < -0.39 is 0 Å². The van der Waals surface area contributed by atoms with Gasteiger partial charge in [-0.2, -0.15) is 10.2 Å². The first-order valence-electron chi connectivity index (χ1n) is 9.70. The number of methoxy groups -OCH3 is 1. The number of piperidine rings is 1. The highest BCUT2D eigenvalue weighted by atomic mass is 16.5. The molecule has 142 valence electrons. The van der Waals surface area contributed by atoms with Crippen LogP contribution in [0.5, 0.6) is 5.75 Å². The summed E-state index contributed by atoms with van der Waals surface area (Å²) in [5, 5.41) is 11.9. The Balaban J connectivity index is 1.56. The Hall–Kier alpha value is -2.60. The normalized spacial score (nSPS) is 17.9. The number of benzene rings is 1. The molecular formula is C21H27N5O. The third-order valence-corrected chi connectivity index (χ3v) is 5.48. The predicted octanol–water partition coefficient (Wildman–Crippen LogP) is 3.55. The van der Waals surface area contributed by atoms with Crippen LogP contribution in [0.4, 0.5) is 0 Å². The molecule has 27 heavy (non-hydrogen) atoms. The molecule has 0 radical (unpaired) electrons. The van der Waals surface area contributed by atoms with Crippen LogP contribution < -0.4 is 4.74 Å². The highest BCUT2D eigenvalue weighted by Gasteiger charge is 2.25. The molecule has 4 rings (SSSR count). The monoisotopic (exact) mass is 365 g/mol. The van der Waals surface area contributed by atoms with Crippen molar-refractivity contribution in [1.29, 1.82) is 0 Å². The minimum atomic E-state index is 0.523. The molecule has 3 aromatic rings. The van der Waals surface area contributed by atoms with Crippen LogP contribution >= 0.6 is 0 Å². The van der Waals surface area contributed by atoms with Gasteiger partial charge in [0.2, 0.25) is 0 Å². The second kappa shape index (κ2) is 7.96. The van der Waals surface area contributed by atoms with Crippen molar-refractivity contribution >= 4 is 0 Å². The number of H-pyrrole nitrogens is 1. The van der Waals surface area contributed by atoms with Crippen molar-refractivity contribution in [2.45, 2.75) is 38.6 Å². The van der Waals surface area contributed by atoms with E-state index >= 15 is 0 Å². The average molecular weight is 365 g/mol. The first kappa shape index (κ1) is 17.8. The number of ether oxygens (including phenoxy) is 1. The zero-order valence-corrected chi connectivity index (χ0v) is 16.1. The number of hydrogen-bond donors (Lipinski definition) is 1. The number of aromatic nitrogens is 4. The fraction of sp³-hybridized carbons (Fsp3) is 0.429. The van der Waals surface area contributed by atoms with Crippen LogP contribution in [0, 0.1) is 0 Å². The van der Waals surface area contributed by atoms with E-state index in [-0.39, 0.29) is 0 Å². The lowest BCUT2D eigenvalue weighted by Crippen LogP contribution is -2.34. The lowest BCUT2D eigenvalue weighted by atomic mass is 9.91. The Morgan fingerprint density at radius 1 is 1.30 bits per heavy atom. The van der Waals surface area contributed by atoms with E-state index in [1.54, 1.807) is 7.11 Å². The van der Waals surface area contributed by atoms with Crippen LogP contribution in [0.2, 0.25) is 0 Å². The van der Waals surface area contributed by atoms with Gasteiger partial charge in [-0.3, -0.25) is 10.00 Å². The van der Waals surface area contributed by atoms with Crippen LogP contribution in [0.15, 0.2) is 42.9 Å². The van der Waals surface area contributed by atoms with Crippen molar-refractivity contribution in [3.05, 3.63) is 59.7 Å². The third kappa shape index (κ3) is 3.76. The van der Waals surface area contributed by atoms with Gasteiger partial charge in [-0.15, -0.1) is 0 Å². The zero-order valence-electron chi connectivity index (χ0n) is 16.1. The second-order valence-electron chi connectivity index (χ2n) is 7.18. The lowest BCUT2D eigenvalue weighted by Gasteiger charge is -2.33. The molecule has 6 nitrogen and oxygen atoms in total. The number of aromatic amines is 1. The molecule has 6 heteroatoms. The summed E-state index contributed by atoms with van der Waals surface area (Å²) in [5.74, 6) is 1.41. The summed E-state index contributed by atoms with van der Waals surface area (Å²) < 4.78 is 7.40. The van der Waals surface area contributed by atoms with E-state index in [1.807, 2.05) is 35.4 Å². The average Bonchev–Trinajstić information content (AvgIpc) is 3.40. The first-order valence-corrected chi connectivity index (χ1v) is 9.70. The largest absolute Gasteiger partial charge is 0.497 e. The molecule has 1 fully saturated rings. The number of hydrogen-bond acceptors (Lipinski definition) is 4. The smallest absolute Gasteiger partial charge is 0.119 e. The van der Waals surface area contributed by atoms with Crippen LogP contribution in [0.25, 0.3) is 5.69 Å². The third-order valence-electron chi connectivity index (χ3n) is 5.48. The number of likely N-dealkylation sites (tertiary alicyclic amines) is 1. The minimum absolute atomic E-state index is 0.523. The quantitative estimate of drug-likeness (QED) is 0.726. The zero-order chi connectivity index (χ0) is 18.6. The van der Waals surface area contributed by atoms with Crippen molar-refractivity contribution in [1.82, 2.24) is 24.9 Å². The Morgan fingerprint density at radius 2 is 2.22 bits per heavy atom. The maximum Gasteiger partial charge on any atom is 0.119 e. The molecule has 0 bridgehead atoms.